The predicted octanol–water partition coefficient (Wildman–Crippen LogP) is 1.79. The minimum atomic E-state index is -0.524. The first kappa shape index (κ1) is 11.4. The Labute approximate surface area is 75.1 Å². The first-order chi connectivity index (χ1) is 4.91. The van der Waals surface area contributed by atoms with Crippen molar-refractivity contribution in [1.29, 1.82) is 0 Å². The molecule has 0 bridgehead atoms. The molecule has 0 aromatic heterocycles. The van der Waals surface area contributed by atoms with E-state index in [1.807, 2.05) is 0 Å². The molecule has 0 saturated heterocycles. The van der Waals surface area contributed by atoms with Gasteiger partial charge in [-0.25, -0.2) is 0 Å². The molecule has 0 N–H and O–H groups in total. The lowest BCUT2D eigenvalue weighted by molar-refractivity contribution is 0.112. The van der Waals surface area contributed by atoms with Gasteiger partial charge in [-0.05, 0) is 19.4 Å². The van der Waals surface area contributed by atoms with Crippen molar-refractivity contribution in [1.82, 2.24) is 0 Å². The van der Waals surface area contributed by atoms with E-state index in [2.05, 4.69) is 40.4 Å². The van der Waals surface area contributed by atoms with E-state index in [-0.39, 0.29) is 15.4 Å². The van der Waals surface area contributed by atoms with Crippen LogP contribution in [0.4, 0.5) is 0 Å². The van der Waals surface area contributed by atoms with Crippen LogP contribution in [0, 0.1) is 0 Å². The maximum absolute atomic E-state index is 5.83. The largest absolute Gasteiger partial charge is 0.419 e. The Bertz CT molecular complexity index is 113. The molecule has 0 rings (SSSR count). The summed E-state index contributed by atoms with van der Waals surface area (Å²) in [6.07, 6.45) is 0. The van der Waals surface area contributed by atoms with Gasteiger partial charge < -0.3 is 4.43 Å². The Morgan fingerprint density at radius 1 is 1.36 bits per heavy atom. The van der Waals surface area contributed by atoms with Gasteiger partial charge in [0.1, 0.15) is 0 Å². The normalized spacial score (nSPS) is 16.6. The third-order valence-corrected chi connectivity index (χ3v) is 6.45. The summed E-state index contributed by atoms with van der Waals surface area (Å²) < 4.78 is 5.83. The molecule has 0 aliphatic rings. The van der Waals surface area contributed by atoms with E-state index in [0.29, 0.717) is 0 Å². The second kappa shape index (κ2) is 4.43. The van der Waals surface area contributed by atoms with Crippen molar-refractivity contribution in [2.75, 3.05) is 0 Å². The molecular formula is C8H22OSi2. The van der Waals surface area contributed by atoms with E-state index in [1.54, 1.807) is 0 Å². The number of hydrogen-bond acceptors (Lipinski definition) is 1. The zero-order valence-electron chi connectivity index (χ0n) is 8.77. The van der Waals surface area contributed by atoms with Gasteiger partial charge in [0.25, 0.3) is 0 Å². The lowest BCUT2D eigenvalue weighted by atomic mass is 10.1. The molecule has 68 valence electrons. The van der Waals surface area contributed by atoms with Gasteiger partial charge in [-0.2, -0.15) is 0 Å². The van der Waals surface area contributed by atoms with Crippen LogP contribution in [0.25, 0.3) is 0 Å². The van der Waals surface area contributed by atoms with Gasteiger partial charge in [0.05, 0.1) is 0 Å². The molecule has 0 aliphatic heterocycles. The number of rotatable bonds is 4. The van der Waals surface area contributed by atoms with E-state index < -0.39 is 8.80 Å². The highest BCUT2D eigenvalue weighted by Crippen LogP contribution is 2.28. The fraction of sp³-hybridized carbons (Fsp3) is 1.00. The average molecular weight is 190 g/mol. The van der Waals surface area contributed by atoms with Crippen LogP contribution < -0.4 is 0 Å². The van der Waals surface area contributed by atoms with Crippen molar-refractivity contribution in [2.24, 2.45) is 0 Å². The minimum Gasteiger partial charge on any atom is -0.419 e. The fourth-order valence-corrected chi connectivity index (χ4v) is 4.21. The lowest BCUT2D eigenvalue weighted by Crippen LogP contribution is -2.36. The predicted molar refractivity (Wildman–Crippen MR) is 57.9 cm³/mol. The Hall–Kier alpha value is 0.394. The summed E-state index contributed by atoms with van der Waals surface area (Å²) in [6, 6.07) is 0. The van der Waals surface area contributed by atoms with Crippen molar-refractivity contribution < 1.29 is 4.43 Å². The van der Waals surface area contributed by atoms with Gasteiger partial charge >= 0.3 is 0 Å². The molecule has 11 heavy (non-hydrogen) atoms. The minimum absolute atomic E-state index is 0.154. The molecule has 1 atom stereocenters. The smallest absolute Gasteiger partial charge is 0.159 e. The zero-order valence-corrected chi connectivity index (χ0v) is 11.3. The summed E-state index contributed by atoms with van der Waals surface area (Å²) in [4.78, 5) is 0. The van der Waals surface area contributed by atoms with Crippen LogP contribution in [0.1, 0.15) is 20.8 Å². The second-order valence-corrected chi connectivity index (χ2v) is 8.42. The molecule has 0 aromatic rings. The molecule has 0 aliphatic carbocycles. The summed E-state index contributed by atoms with van der Waals surface area (Å²) in [5.41, 5.74) is 0.941. The molecule has 1 unspecified atom stereocenters. The molecule has 0 fully saturated rings. The molecule has 0 aromatic carbocycles. The third kappa shape index (κ3) is 3.53. The van der Waals surface area contributed by atoms with Crippen LogP contribution in [0.5, 0.6) is 0 Å². The molecule has 3 heteroatoms. The molecule has 0 amide bonds. The van der Waals surface area contributed by atoms with Crippen molar-refractivity contribution >= 4 is 18.6 Å². The first-order valence-corrected chi connectivity index (χ1v) is 9.52. The summed E-state index contributed by atoms with van der Waals surface area (Å²) >= 11 is 0. The molecular weight excluding hydrogens is 168 g/mol. The molecule has 1 nitrogen and oxygen atoms in total. The Balaban J connectivity index is 4.05. The van der Waals surface area contributed by atoms with Crippen LogP contribution in [0.3, 0.4) is 0 Å². The Morgan fingerprint density at radius 2 is 1.82 bits per heavy atom. The highest BCUT2D eigenvalue weighted by Gasteiger charge is 2.28. The van der Waals surface area contributed by atoms with Crippen molar-refractivity contribution in [3.05, 3.63) is 0 Å². The third-order valence-electron chi connectivity index (χ3n) is 2.61. The van der Waals surface area contributed by atoms with E-state index in [1.165, 1.54) is 0 Å². The van der Waals surface area contributed by atoms with Crippen LogP contribution in [-0.2, 0) is 4.43 Å². The van der Waals surface area contributed by atoms with Crippen LogP contribution in [-0.4, -0.2) is 24.2 Å². The van der Waals surface area contributed by atoms with Crippen LogP contribution in [0.2, 0.25) is 25.2 Å². The molecule has 0 spiro atoms. The van der Waals surface area contributed by atoms with Gasteiger partial charge in [-0.15, -0.1) is 0 Å². The van der Waals surface area contributed by atoms with Crippen molar-refractivity contribution in [3.63, 3.8) is 0 Å². The lowest BCUT2D eigenvalue weighted by Gasteiger charge is -2.34. The second-order valence-electron chi connectivity index (χ2n) is 4.07. The van der Waals surface area contributed by atoms with E-state index in [4.69, 9.17) is 4.43 Å². The van der Waals surface area contributed by atoms with Crippen molar-refractivity contribution in [3.8, 4) is 0 Å². The number of hydrogen-bond donors (Lipinski definition) is 0. The summed E-state index contributed by atoms with van der Waals surface area (Å²) in [5.74, 6) is 0. The monoisotopic (exact) mass is 190 g/mol. The topological polar surface area (TPSA) is 9.23 Å². The van der Waals surface area contributed by atoms with E-state index in [9.17, 15) is 0 Å². The fourth-order valence-electron chi connectivity index (χ4n) is 1.31. The summed E-state index contributed by atoms with van der Waals surface area (Å²) in [5, 5.41) is 0. The van der Waals surface area contributed by atoms with Crippen molar-refractivity contribution in [2.45, 2.75) is 51.6 Å². The van der Waals surface area contributed by atoms with E-state index in [0.717, 1.165) is 5.54 Å². The molecule has 0 saturated carbocycles. The SMILES string of the molecule is C[SiH2]OC(C)(C)C(C)[SiH](C)C. The maximum Gasteiger partial charge on any atom is 0.159 e. The standard InChI is InChI=1S/C8H22OSi2/c1-7(11(5)6)8(2,3)9-10-4/h7,11H,10H2,1-6H3. The first-order valence-electron chi connectivity index (χ1n) is 4.55. The molecule has 0 radical (unpaired) electrons. The van der Waals surface area contributed by atoms with Gasteiger partial charge in [-0.3, -0.25) is 0 Å². The van der Waals surface area contributed by atoms with Gasteiger partial charge in [-0.1, -0.05) is 26.6 Å². The zero-order chi connectivity index (χ0) is 9.07. The van der Waals surface area contributed by atoms with Crippen LogP contribution >= 0.6 is 0 Å². The quantitative estimate of drug-likeness (QED) is 0.614. The Morgan fingerprint density at radius 3 is 2.09 bits per heavy atom. The maximum atomic E-state index is 5.83. The average Bonchev–Trinajstić information content (AvgIpc) is 1.86. The van der Waals surface area contributed by atoms with Gasteiger partial charge in [0, 0.05) is 14.4 Å². The van der Waals surface area contributed by atoms with Gasteiger partial charge in [0.15, 0.2) is 9.76 Å². The molecule has 0 heterocycles. The Kier molecular flexibility index (Phi) is 4.59. The van der Waals surface area contributed by atoms with E-state index >= 15 is 0 Å². The van der Waals surface area contributed by atoms with Crippen LogP contribution in [0.15, 0.2) is 0 Å². The summed E-state index contributed by atoms with van der Waals surface area (Å²) in [7, 11) is -0.767. The highest BCUT2D eigenvalue weighted by molar-refractivity contribution is 6.57. The highest BCUT2D eigenvalue weighted by atomic mass is 28.3. The summed E-state index contributed by atoms with van der Waals surface area (Å²) in [6.45, 7) is 13.8. The van der Waals surface area contributed by atoms with Gasteiger partial charge in [0.2, 0.25) is 0 Å².